The molecule has 1 aliphatic heterocycles. The highest BCUT2D eigenvalue weighted by Crippen LogP contribution is 2.42. The van der Waals surface area contributed by atoms with Crippen LogP contribution in [0.4, 0.5) is 13.2 Å². The van der Waals surface area contributed by atoms with E-state index in [9.17, 15) is 13.2 Å². The summed E-state index contributed by atoms with van der Waals surface area (Å²) >= 11 is 0. The first-order chi connectivity index (χ1) is 5.34. The van der Waals surface area contributed by atoms with E-state index < -0.39 is 17.5 Å². The molecule has 1 nitrogen and oxygen atoms in total. The Kier molecular flexibility index (Phi) is 4.06. The lowest BCUT2D eigenvalue weighted by atomic mass is 9.74. The van der Waals surface area contributed by atoms with Crippen LogP contribution >= 0.6 is 12.4 Å². The van der Waals surface area contributed by atoms with E-state index >= 15 is 0 Å². The van der Waals surface area contributed by atoms with Gasteiger partial charge in [-0.15, -0.1) is 12.4 Å². The van der Waals surface area contributed by atoms with Crippen molar-refractivity contribution in [2.75, 3.05) is 13.1 Å². The highest BCUT2D eigenvalue weighted by molar-refractivity contribution is 5.85. The van der Waals surface area contributed by atoms with E-state index in [1.54, 1.807) is 13.8 Å². The van der Waals surface area contributed by atoms with Crippen molar-refractivity contribution in [3.05, 3.63) is 0 Å². The predicted molar refractivity (Wildman–Crippen MR) is 48.1 cm³/mol. The average Bonchev–Trinajstić information content (AvgIpc) is 1.83. The van der Waals surface area contributed by atoms with Crippen LogP contribution in [-0.4, -0.2) is 19.3 Å². The first-order valence-corrected chi connectivity index (χ1v) is 4.11. The van der Waals surface area contributed by atoms with Crippen LogP contribution in [0.5, 0.6) is 0 Å². The van der Waals surface area contributed by atoms with E-state index in [4.69, 9.17) is 0 Å². The van der Waals surface area contributed by atoms with Crippen LogP contribution in [0.3, 0.4) is 0 Å². The lowest BCUT2D eigenvalue weighted by Gasteiger charge is -2.39. The van der Waals surface area contributed by atoms with Gasteiger partial charge in [-0.2, -0.15) is 13.2 Å². The van der Waals surface area contributed by atoms with Crippen molar-refractivity contribution in [2.24, 2.45) is 11.3 Å². The molecule has 1 aliphatic rings. The minimum Gasteiger partial charge on any atom is -0.316 e. The second-order valence-electron chi connectivity index (χ2n) is 4.05. The Hall–Kier alpha value is 0.0400. The Morgan fingerprint density at radius 1 is 1.31 bits per heavy atom. The Morgan fingerprint density at radius 2 is 1.85 bits per heavy atom. The summed E-state index contributed by atoms with van der Waals surface area (Å²) in [5.41, 5.74) is -0.656. The maximum atomic E-state index is 12.4. The average molecular weight is 218 g/mol. The number of alkyl halides is 3. The van der Waals surface area contributed by atoms with Gasteiger partial charge in [0.2, 0.25) is 0 Å². The SMILES string of the molecule is CC1(C)CNCC[C@H]1C(F)(F)F.Cl. The minimum atomic E-state index is -4.04. The van der Waals surface area contributed by atoms with Crippen LogP contribution in [0.25, 0.3) is 0 Å². The molecule has 1 fully saturated rings. The van der Waals surface area contributed by atoms with Crippen molar-refractivity contribution >= 4 is 12.4 Å². The Morgan fingerprint density at radius 3 is 2.15 bits per heavy atom. The molecule has 0 aliphatic carbocycles. The van der Waals surface area contributed by atoms with Crippen molar-refractivity contribution in [3.63, 3.8) is 0 Å². The molecule has 0 aromatic heterocycles. The van der Waals surface area contributed by atoms with E-state index in [1.807, 2.05) is 0 Å². The molecule has 1 saturated heterocycles. The van der Waals surface area contributed by atoms with Gasteiger partial charge in [-0.25, -0.2) is 0 Å². The topological polar surface area (TPSA) is 12.0 Å². The molecule has 0 aromatic rings. The molecular weight excluding hydrogens is 203 g/mol. The van der Waals surface area contributed by atoms with Crippen molar-refractivity contribution in [3.8, 4) is 0 Å². The van der Waals surface area contributed by atoms with Crippen LogP contribution in [0.1, 0.15) is 20.3 Å². The van der Waals surface area contributed by atoms with E-state index in [2.05, 4.69) is 5.32 Å². The first-order valence-electron chi connectivity index (χ1n) is 4.11. The summed E-state index contributed by atoms with van der Waals surface area (Å²) < 4.78 is 37.2. The van der Waals surface area contributed by atoms with E-state index in [1.165, 1.54) is 0 Å². The van der Waals surface area contributed by atoms with Crippen LogP contribution in [0.15, 0.2) is 0 Å². The molecule has 13 heavy (non-hydrogen) atoms. The lowest BCUT2D eigenvalue weighted by Crippen LogP contribution is -2.48. The molecule has 0 saturated carbocycles. The molecule has 0 bridgehead atoms. The fourth-order valence-electron chi connectivity index (χ4n) is 1.78. The molecule has 0 aromatic carbocycles. The van der Waals surface area contributed by atoms with E-state index in [0.29, 0.717) is 13.1 Å². The summed E-state index contributed by atoms with van der Waals surface area (Å²) in [6.45, 7) is 4.26. The number of piperidine rings is 1. The summed E-state index contributed by atoms with van der Waals surface area (Å²) in [6, 6.07) is 0. The molecule has 0 spiro atoms. The van der Waals surface area contributed by atoms with Gasteiger partial charge in [0.15, 0.2) is 0 Å². The Bertz CT molecular complexity index is 167. The number of nitrogens with one attached hydrogen (secondary N) is 1. The van der Waals surface area contributed by atoms with E-state index in [-0.39, 0.29) is 18.8 Å². The maximum absolute atomic E-state index is 12.4. The summed E-state index contributed by atoms with van der Waals surface area (Å²) in [7, 11) is 0. The van der Waals surface area contributed by atoms with E-state index in [0.717, 1.165) is 0 Å². The fraction of sp³-hybridized carbons (Fsp3) is 1.00. The smallest absolute Gasteiger partial charge is 0.316 e. The summed E-state index contributed by atoms with van der Waals surface area (Å²) in [5, 5.41) is 2.98. The highest BCUT2D eigenvalue weighted by atomic mass is 35.5. The van der Waals surface area contributed by atoms with Gasteiger partial charge in [0.1, 0.15) is 0 Å². The maximum Gasteiger partial charge on any atom is 0.392 e. The zero-order chi connectivity index (χ0) is 9.41. The van der Waals surface area contributed by atoms with Gasteiger partial charge in [0.25, 0.3) is 0 Å². The number of rotatable bonds is 0. The van der Waals surface area contributed by atoms with Gasteiger partial charge in [-0.3, -0.25) is 0 Å². The molecule has 1 heterocycles. The van der Waals surface area contributed by atoms with Gasteiger partial charge >= 0.3 is 6.18 Å². The van der Waals surface area contributed by atoms with Crippen LogP contribution < -0.4 is 5.32 Å². The normalized spacial score (nSPS) is 27.9. The minimum absolute atomic E-state index is 0. The molecule has 1 atom stereocenters. The molecule has 1 rings (SSSR count). The molecule has 0 amide bonds. The second kappa shape index (κ2) is 4.05. The largest absolute Gasteiger partial charge is 0.392 e. The number of hydrogen-bond donors (Lipinski definition) is 1. The zero-order valence-corrected chi connectivity index (χ0v) is 8.56. The van der Waals surface area contributed by atoms with Gasteiger partial charge in [-0.05, 0) is 18.4 Å². The van der Waals surface area contributed by atoms with Crippen LogP contribution in [-0.2, 0) is 0 Å². The highest BCUT2D eigenvalue weighted by Gasteiger charge is 2.49. The van der Waals surface area contributed by atoms with Crippen LogP contribution in [0.2, 0.25) is 0 Å². The third-order valence-electron chi connectivity index (χ3n) is 2.53. The zero-order valence-electron chi connectivity index (χ0n) is 7.74. The van der Waals surface area contributed by atoms with Gasteiger partial charge in [0, 0.05) is 6.54 Å². The predicted octanol–water partition coefficient (Wildman–Crippen LogP) is 2.61. The van der Waals surface area contributed by atoms with Gasteiger partial charge < -0.3 is 5.32 Å². The summed E-state index contributed by atoms with van der Waals surface area (Å²) in [6.07, 6.45) is -3.83. The third kappa shape index (κ3) is 3.02. The molecule has 1 N–H and O–H groups in total. The lowest BCUT2D eigenvalue weighted by molar-refractivity contribution is -0.208. The molecule has 0 radical (unpaired) electrons. The van der Waals surface area contributed by atoms with Crippen molar-refractivity contribution < 1.29 is 13.2 Å². The molecule has 5 heteroatoms. The summed E-state index contributed by atoms with van der Waals surface area (Å²) in [4.78, 5) is 0. The van der Waals surface area contributed by atoms with Crippen molar-refractivity contribution in [1.82, 2.24) is 5.32 Å². The summed E-state index contributed by atoms with van der Waals surface area (Å²) in [5.74, 6) is -1.15. The van der Waals surface area contributed by atoms with Crippen molar-refractivity contribution in [2.45, 2.75) is 26.4 Å². The standard InChI is InChI=1S/C8H14F3N.ClH/c1-7(2)5-12-4-3-6(7)8(9,10)11;/h6,12H,3-5H2,1-2H3;1H/t6-;/m1./s1. The quantitative estimate of drug-likeness (QED) is 0.658. The third-order valence-corrected chi connectivity index (χ3v) is 2.53. The first kappa shape index (κ1) is 13.0. The molecular formula is C8H15ClF3N. The van der Waals surface area contributed by atoms with Crippen LogP contribution in [0, 0.1) is 11.3 Å². The fourth-order valence-corrected chi connectivity index (χ4v) is 1.78. The Labute approximate surface area is 82.5 Å². The van der Waals surface area contributed by atoms with Gasteiger partial charge in [-0.1, -0.05) is 13.8 Å². The van der Waals surface area contributed by atoms with Crippen molar-refractivity contribution in [1.29, 1.82) is 0 Å². The second-order valence-corrected chi connectivity index (χ2v) is 4.05. The molecule has 80 valence electrons. The van der Waals surface area contributed by atoms with Gasteiger partial charge in [0.05, 0.1) is 5.92 Å². The Balaban J connectivity index is 0.00000144. The monoisotopic (exact) mass is 217 g/mol. The number of halogens is 4. The molecule has 0 unspecified atom stereocenters. The number of hydrogen-bond acceptors (Lipinski definition) is 1.